The minimum Gasteiger partial charge on any atom is -0.423 e. The Morgan fingerprint density at radius 1 is 1.30 bits per heavy atom. The van der Waals surface area contributed by atoms with Gasteiger partial charge in [-0.3, -0.25) is 0 Å². The van der Waals surface area contributed by atoms with E-state index in [0.717, 1.165) is 10.6 Å². The molecule has 2 atom stereocenters. The first-order valence-corrected chi connectivity index (χ1v) is 9.37. The van der Waals surface area contributed by atoms with Crippen molar-refractivity contribution in [2.24, 2.45) is 0 Å². The number of alkyl halides is 2. The fraction of sp³-hybridized carbons (Fsp3) is 0.333. The second-order valence-corrected chi connectivity index (χ2v) is 7.68. The number of rotatable bonds is 3. The van der Waals surface area contributed by atoms with E-state index < -0.39 is 6.43 Å². The van der Waals surface area contributed by atoms with Gasteiger partial charge in [-0.1, -0.05) is 29.5 Å². The van der Waals surface area contributed by atoms with Crippen LogP contribution in [-0.4, -0.2) is 29.2 Å². The lowest BCUT2D eigenvalue weighted by atomic mass is 9.97. The van der Waals surface area contributed by atoms with Crippen molar-refractivity contribution in [1.29, 1.82) is 0 Å². The Hall–Kier alpha value is -2.52. The van der Waals surface area contributed by atoms with E-state index in [0.29, 0.717) is 42.1 Å². The predicted octanol–water partition coefficient (Wildman–Crippen LogP) is 3.82. The zero-order valence-electron chi connectivity index (χ0n) is 14.1. The number of oxazole rings is 1. The molecular weight excluding hydrogens is 374 g/mol. The van der Waals surface area contributed by atoms with Crippen molar-refractivity contribution in [1.82, 2.24) is 9.97 Å². The third kappa shape index (κ3) is 2.78. The number of aromatic nitrogens is 2. The van der Waals surface area contributed by atoms with Crippen LogP contribution >= 0.6 is 11.3 Å². The van der Waals surface area contributed by atoms with Crippen LogP contribution in [0.5, 0.6) is 0 Å². The van der Waals surface area contributed by atoms with Crippen LogP contribution in [0.3, 0.4) is 0 Å². The Kier molecular flexibility index (Phi) is 3.87. The summed E-state index contributed by atoms with van der Waals surface area (Å²) in [5, 5.41) is 0.546. The van der Waals surface area contributed by atoms with Crippen molar-refractivity contribution in [3.05, 3.63) is 46.6 Å². The van der Waals surface area contributed by atoms with E-state index in [9.17, 15) is 8.78 Å². The first-order valence-electron chi connectivity index (χ1n) is 8.55. The number of hydrogen-bond donors (Lipinski definition) is 1. The number of nitrogen functional groups attached to an aromatic ring is 1. The lowest BCUT2D eigenvalue weighted by Gasteiger charge is -2.43. The summed E-state index contributed by atoms with van der Waals surface area (Å²) in [4.78, 5) is 12.0. The molecule has 0 unspecified atom stereocenters. The Morgan fingerprint density at radius 3 is 3.04 bits per heavy atom. The van der Waals surface area contributed by atoms with Gasteiger partial charge in [-0.25, -0.2) is 18.7 Å². The summed E-state index contributed by atoms with van der Waals surface area (Å²) < 4.78 is 37.6. The molecule has 2 aliphatic rings. The lowest BCUT2D eigenvalue weighted by molar-refractivity contribution is 0.0578. The molecule has 5 rings (SSSR count). The molecule has 2 N–H and O–H groups in total. The summed E-state index contributed by atoms with van der Waals surface area (Å²) in [5.41, 5.74) is 7.44. The highest BCUT2D eigenvalue weighted by Crippen LogP contribution is 2.43. The fourth-order valence-electron chi connectivity index (χ4n) is 3.74. The van der Waals surface area contributed by atoms with E-state index in [1.807, 2.05) is 0 Å². The molecule has 2 aliphatic heterocycles. The van der Waals surface area contributed by atoms with Gasteiger partial charge in [-0.15, -0.1) is 0 Å². The second kappa shape index (κ2) is 6.28. The van der Waals surface area contributed by atoms with Crippen molar-refractivity contribution < 1.29 is 17.9 Å². The highest BCUT2D eigenvalue weighted by molar-refractivity contribution is 7.15. The average molecular weight is 390 g/mol. The molecule has 2 aromatic heterocycles. The minimum absolute atomic E-state index is 0.0431. The van der Waals surface area contributed by atoms with Crippen LogP contribution in [0.25, 0.3) is 11.3 Å². The summed E-state index contributed by atoms with van der Waals surface area (Å²) in [5.74, 6) is 0.459. The lowest BCUT2D eigenvalue weighted by Crippen LogP contribution is -2.51. The summed E-state index contributed by atoms with van der Waals surface area (Å²) in [6.07, 6.45) is -0.244. The molecule has 1 saturated heterocycles. The highest BCUT2D eigenvalue weighted by Gasteiger charge is 2.42. The Bertz CT molecular complexity index is 989. The molecule has 4 heterocycles. The van der Waals surface area contributed by atoms with Gasteiger partial charge in [0.25, 0.3) is 12.4 Å². The molecule has 6 nitrogen and oxygen atoms in total. The van der Waals surface area contributed by atoms with E-state index in [-0.39, 0.29) is 17.6 Å². The zero-order valence-corrected chi connectivity index (χ0v) is 15.0. The molecule has 1 fully saturated rings. The molecule has 27 heavy (non-hydrogen) atoms. The SMILES string of the molecule is Nc1nc2c(s1)[C@@H]1COC[C@H](C2)N1c1ncc(-c2cccc(C(F)F)c2)o1. The normalized spacial score (nSPS) is 21.5. The number of fused-ring (bicyclic) bond motifs is 4. The van der Waals surface area contributed by atoms with Crippen molar-refractivity contribution in [2.45, 2.75) is 24.9 Å². The number of hydrogen-bond acceptors (Lipinski definition) is 7. The Balaban J connectivity index is 1.50. The highest BCUT2D eigenvalue weighted by atomic mass is 32.1. The largest absolute Gasteiger partial charge is 0.423 e. The predicted molar refractivity (Wildman–Crippen MR) is 97.0 cm³/mol. The van der Waals surface area contributed by atoms with E-state index in [2.05, 4.69) is 14.9 Å². The Morgan fingerprint density at radius 2 is 2.19 bits per heavy atom. The standard InChI is InChI=1S/C18H16F2N4O2S/c19-16(20)10-3-1-2-9(4-10)14-6-22-18(26-14)24-11-5-12-15(27-17(21)23-12)13(24)8-25-7-11/h1-4,6,11,13,16H,5,7-8H2,(H2,21,23)/t11-,13-/m0/s1. The summed E-state index contributed by atoms with van der Waals surface area (Å²) in [6, 6.07) is 6.61. The smallest absolute Gasteiger partial charge is 0.298 e. The third-order valence-corrected chi connectivity index (χ3v) is 5.96. The van der Waals surface area contributed by atoms with Gasteiger partial charge >= 0.3 is 0 Å². The van der Waals surface area contributed by atoms with Crippen LogP contribution in [-0.2, 0) is 11.2 Å². The van der Waals surface area contributed by atoms with Crippen LogP contribution < -0.4 is 10.6 Å². The second-order valence-electron chi connectivity index (χ2n) is 6.61. The van der Waals surface area contributed by atoms with Crippen LogP contribution in [0, 0.1) is 0 Å². The van der Waals surface area contributed by atoms with Crippen molar-refractivity contribution in [2.75, 3.05) is 23.8 Å². The molecule has 0 aliphatic carbocycles. The maximum atomic E-state index is 13.0. The maximum Gasteiger partial charge on any atom is 0.298 e. The minimum atomic E-state index is -2.53. The number of ether oxygens (including phenoxy) is 1. The molecule has 0 saturated carbocycles. The zero-order chi connectivity index (χ0) is 18.5. The molecular formula is C18H16F2N4O2S. The molecule has 0 amide bonds. The molecule has 9 heteroatoms. The van der Waals surface area contributed by atoms with Crippen LogP contribution in [0.2, 0.25) is 0 Å². The fourth-order valence-corrected chi connectivity index (χ4v) is 4.68. The van der Waals surface area contributed by atoms with Crippen molar-refractivity contribution in [3.8, 4) is 11.3 Å². The molecule has 0 spiro atoms. The number of anilines is 2. The summed E-state index contributed by atoms with van der Waals surface area (Å²) >= 11 is 1.46. The number of benzene rings is 1. The average Bonchev–Trinajstić information content (AvgIpc) is 3.28. The molecule has 1 aromatic carbocycles. The van der Waals surface area contributed by atoms with Gasteiger partial charge in [-0.05, 0) is 6.07 Å². The van der Waals surface area contributed by atoms with Crippen LogP contribution in [0.4, 0.5) is 19.9 Å². The number of thiazole rings is 1. The van der Waals surface area contributed by atoms with Gasteiger partial charge in [0.05, 0.1) is 42.1 Å². The summed E-state index contributed by atoms with van der Waals surface area (Å²) in [7, 11) is 0. The van der Waals surface area contributed by atoms with Crippen LogP contribution in [0.1, 0.15) is 28.6 Å². The number of nitrogens with two attached hydrogens (primary N) is 1. The first-order chi connectivity index (χ1) is 13.1. The van der Waals surface area contributed by atoms with E-state index >= 15 is 0 Å². The summed E-state index contributed by atoms with van der Waals surface area (Å²) in [6.45, 7) is 1.05. The Labute approximate surface area is 157 Å². The van der Waals surface area contributed by atoms with Gasteiger partial charge in [0.1, 0.15) is 0 Å². The van der Waals surface area contributed by atoms with Gasteiger partial charge in [0.2, 0.25) is 0 Å². The quantitative estimate of drug-likeness (QED) is 0.733. The molecule has 3 aromatic rings. The van der Waals surface area contributed by atoms with E-state index in [4.69, 9.17) is 14.9 Å². The van der Waals surface area contributed by atoms with E-state index in [1.54, 1.807) is 18.3 Å². The third-order valence-electron chi connectivity index (χ3n) is 4.93. The monoisotopic (exact) mass is 390 g/mol. The molecule has 140 valence electrons. The maximum absolute atomic E-state index is 13.0. The molecule has 0 radical (unpaired) electrons. The topological polar surface area (TPSA) is 77.4 Å². The van der Waals surface area contributed by atoms with Crippen molar-refractivity contribution >= 4 is 22.5 Å². The molecule has 2 bridgehead atoms. The van der Waals surface area contributed by atoms with E-state index in [1.165, 1.54) is 23.5 Å². The number of nitrogens with zero attached hydrogens (tertiary/aromatic N) is 3. The van der Waals surface area contributed by atoms with Crippen LogP contribution in [0.15, 0.2) is 34.9 Å². The van der Waals surface area contributed by atoms with Gasteiger partial charge in [-0.2, -0.15) is 0 Å². The number of halogens is 2. The van der Waals surface area contributed by atoms with Gasteiger partial charge < -0.3 is 19.8 Å². The van der Waals surface area contributed by atoms with Gasteiger partial charge in [0, 0.05) is 17.5 Å². The van der Waals surface area contributed by atoms with Crippen molar-refractivity contribution in [3.63, 3.8) is 0 Å². The van der Waals surface area contributed by atoms with Gasteiger partial charge in [0.15, 0.2) is 10.9 Å². The number of morpholine rings is 1. The first kappa shape index (κ1) is 16.6.